The fourth-order valence-corrected chi connectivity index (χ4v) is 3.68. The number of aromatic nitrogens is 1. The first-order chi connectivity index (χ1) is 6.77. The lowest BCUT2D eigenvalue weighted by atomic mass is 10.1. The molecule has 14 heavy (non-hydrogen) atoms. The van der Waals surface area contributed by atoms with E-state index in [0.29, 0.717) is 5.78 Å². The van der Waals surface area contributed by atoms with E-state index in [4.69, 9.17) is 0 Å². The lowest BCUT2D eigenvalue weighted by Gasteiger charge is -2.18. The van der Waals surface area contributed by atoms with Crippen molar-refractivity contribution in [2.24, 2.45) is 0 Å². The Hall–Kier alpha value is -0.350. The number of ketones is 1. The Labute approximate surface area is 92.3 Å². The van der Waals surface area contributed by atoms with Crippen LogP contribution >= 0.6 is 23.3 Å². The minimum atomic E-state index is 0.198. The van der Waals surface area contributed by atoms with Crippen molar-refractivity contribution in [2.75, 3.05) is 5.75 Å². The van der Waals surface area contributed by atoms with Gasteiger partial charge in [-0.1, -0.05) is 6.42 Å². The van der Waals surface area contributed by atoms with Crippen LogP contribution in [0.1, 0.15) is 34.6 Å². The van der Waals surface area contributed by atoms with Gasteiger partial charge in [-0.25, -0.2) is 0 Å². The summed E-state index contributed by atoms with van der Waals surface area (Å²) in [6.07, 6.45) is 3.50. The number of thioether (sulfide) groups is 1. The molecule has 0 spiro atoms. The molecule has 1 atom stereocenters. The first-order valence-electron chi connectivity index (χ1n) is 4.86. The highest BCUT2D eigenvalue weighted by Crippen LogP contribution is 2.28. The zero-order valence-electron chi connectivity index (χ0n) is 8.16. The number of hydrogen-bond donors (Lipinski definition) is 0. The van der Waals surface area contributed by atoms with Gasteiger partial charge in [-0.15, -0.1) is 0 Å². The molecular weight excluding hydrogens is 214 g/mol. The molecule has 0 bridgehead atoms. The molecule has 0 aliphatic carbocycles. The summed E-state index contributed by atoms with van der Waals surface area (Å²) < 4.78 is 4.14. The van der Waals surface area contributed by atoms with Gasteiger partial charge in [-0.2, -0.15) is 16.1 Å². The standard InChI is InChI=1S/C10H13NOS2/c1-7-6-9(14-11-7)10(12)8-4-2-3-5-13-8/h6,8H,2-5H2,1H3. The third kappa shape index (κ3) is 2.17. The maximum atomic E-state index is 12.0. The summed E-state index contributed by atoms with van der Waals surface area (Å²) in [6.45, 7) is 1.93. The molecule has 1 aliphatic rings. The average molecular weight is 227 g/mol. The fourth-order valence-electron chi connectivity index (χ4n) is 1.59. The Morgan fingerprint density at radius 2 is 2.43 bits per heavy atom. The Bertz CT molecular complexity index is 329. The number of carbonyl (C=O) groups is 1. The second-order valence-corrected chi connectivity index (χ2v) is 5.67. The number of aryl methyl sites for hydroxylation is 1. The Kier molecular flexibility index (Phi) is 3.23. The smallest absolute Gasteiger partial charge is 0.187 e. The maximum Gasteiger partial charge on any atom is 0.187 e. The van der Waals surface area contributed by atoms with Crippen molar-refractivity contribution in [1.29, 1.82) is 0 Å². The molecule has 2 rings (SSSR count). The molecule has 0 aromatic carbocycles. The predicted molar refractivity (Wildman–Crippen MR) is 61.3 cm³/mol. The zero-order valence-corrected chi connectivity index (χ0v) is 9.79. The van der Waals surface area contributed by atoms with Crippen LogP contribution in [0.3, 0.4) is 0 Å². The van der Waals surface area contributed by atoms with Gasteiger partial charge in [0.05, 0.1) is 15.8 Å². The van der Waals surface area contributed by atoms with Crippen molar-refractivity contribution >= 4 is 29.1 Å². The molecular formula is C10H13NOS2. The van der Waals surface area contributed by atoms with Crippen LogP contribution in [0.5, 0.6) is 0 Å². The SMILES string of the molecule is Cc1cc(C(=O)C2CCCCS2)sn1. The Morgan fingerprint density at radius 1 is 1.57 bits per heavy atom. The van der Waals surface area contributed by atoms with Gasteiger partial charge in [-0.05, 0) is 43.1 Å². The van der Waals surface area contributed by atoms with Gasteiger partial charge in [0.25, 0.3) is 0 Å². The van der Waals surface area contributed by atoms with Gasteiger partial charge in [-0.3, -0.25) is 4.79 Å². The van der Waals surface area contributed by atoms with E-state index in [-0.39, 0.29) is 5.25 Å². The minimum absolute atomic E-state index is 0.198. The van der Waals surface area contributed by atoms with Gasteiger partial charge >= 0.3 is 0 Å². The van der Waals surface area contributed by atoms with E-state index in [1.54, 1.807) is 11.8 Å². The minimum Gasteiger partial charge on any atom is -0.292 e. The van der Waals surface area contributed by atoms with Gasteiger partial charge in [0.2, 0.25) is 0 Å². The van der Waals surface area contributed by atoms with Crippen molar-refractivity contribution in [2.45, 2.75) is 31.4 Å². The van der Waals surface area contributed by atoms with E-state index in [2.05, 4.69) is 4.37 Å². The van der Waals surface area contributed by atoms with E-state index in [9.17, 15) is 4.79 Å². The van der Waals surface area contributed by atoms with Crippen LogP contribution < -0.4 is 0 Å². The molecule has 0 radical (unpaired) electrons. The van der Waals surface area contributed by atoms with E-state index < -0.39 is 0 Å². The predicted octanol–water partition coefficient (Wildman–Crippen LogP) is 2.92. The summed E-state index contributed by atoms with van der Waals surface area (Å²) in [5, 5.41) is 0.198. The summed E-state index contributed by atoms with van der Waals surface area (Å²) in [4.78, 5) is 12.8. The van der Waals surface area contributed by atoms with Crippen LogP contribution in [0.25, 0.3) is 0 Å². The van der Waals surface area contributed by atoms with Crippen LogP contribution in [-0.4, -0.2) is 21.2 Å². The van der Waals surface area contributed by atoms with Crippen LogP contribution in [0.15, 0.2) is 6.07 Å². The van der Waals surface area contributed by atoms with Crippen LogP contribution in [0.2, 0.25) is 0 Å². The van der Waals surface area contributed by atoms with E-state index in [1.165, 1.54) is 24.4 Å². The number of Topliss-reactive ketones (excluding diaryl/α,β-unsaturated/α-hetero) is 1. The van der Waals surface area contributed by atoms with Crippen molar-refractivity contribution in [3.63, 3.8) is 0 Å². The summed E-state index contributed by atoms with van der Waals surface area (Å²) in [7, 11) is 0. The highest BCUT2D eigenvalue weighted by atomic mass is 32.2. The number of hydrogen-bond acceptors (Lipinski definition) is 4. The third-order valence-corrected chi connectivity index (χ3v) is 4.61. The Morgan fingerprint density at radius 3 is 3.00 bits per heavy atom. The molecule has 1 aromatic rings. The summed E-state index contributed by atoms with van der Waals surface area (Å²) in [5.41, 5.74) is 0.958. The topological polar surface area (TPSA) is 30.0 Å². The maximum absolute atomic E-state index is 12.0. The number of nitrogens with zero attached hydrogens (tertiary/aromatic N) is 1. The third-order valence-electron chi connectivity index (χ3n) is 2.34. The Balaban J connectivity index is 2.07. The second-order valence-electron chi connectivity index (χ2n) is 3.55. The molecule has 0 N–H and O–H groups in total. The highest BCUT2D eigenvalue weighted by molar-refractivity contribution is 8.00. The largest absolute Gasteiger partial charge is 0.292 e. The molecule has 1 aliphatic heterocycles. The van der Waals surface area contributed by atoms with Gasteiger partial charge < -0.3 is 0 Å². The lowest BCUT2D eigenvalue weighted by molar-refractivity contribution is 0.0988. The summed E-state index contributed by atoms with van der Waals surface area (Å²) >= 11 is 3.14. The van der Waals surface area contributed by atoms with Crippen molar-refractivity contribution < 1.29 is 4.79 Å². The lowest BCUT2D eigenvalue weighted by Crippen LogP contribution is -2.20. The first kappa shape index (κ1) is 10.2. The molecule has 1 unspecified atom stereocenters. The van der Waals surface area contributed by atoms with Gasteiger partial charge in [0.15, 0.2) is 5.78 Å². The van der Waals surface area contributed by atoms with Crippen LogP contribution in [-0.2, 0) is 0 Å². The fraction of sp³-hybridized carbons (Fsp3) is 0.600. The van der Waals surface area contributed by atoms with Crippen molar-refractivity contribution in [3.05, 3.63) is 16.6 Å². The van der Waals surface area contributed by atoms with Crippen molar-refractivity contribution in [1.82, 2.24) is 4.37 Å². The van der Waals surface area contributed by atoms with Crippen molar-refractivity contribution in [3.8, 4) is 0 Å². The van der Waals surface area contributed by atoms with Gasteiger partial charge in [0, 0.05) is 0 Å². The molecule has 0 amide bonds. The van der Waals surface area contributed by atoms with Crippen LogP contribution in [0.4, 0.5) is 0 Å². The molecule has 4 heteroatoms. The molecule has 76 valence electrons. The zero-order chi connectivity index (χ0) is 9.97. The quantitative estimate of drug-likeness (QED) is 0.728. The number of rotatable bonds is 2. The summed E-state index contributed by atoms with van der Waals surface area (Å²) in [5.74, 6) is 1.43. The molecule has 1 aromatic heterocycles. The average Bonchev–Trinajstić information content (AvgIpc) is 2.65. The molecule has 1 fully saturated rings. The van der Waals surface area contributed by atoms with E-state index in [0.717, 1.165) is 22.7 Å². The van der Waals surface area contributed by atoms with Crippen LogP contribution in [0, 0.1) is 6.92 Å². The molecule has 2 heterocycles. The molecule has 1 saturated heterocycles. The van der Waals surface area contributed by atoms with Gasteiger partial charge in [0.1, 0.15) is 0 Å². The number of carbonyl (C=O) groups excluding carboxylic acids is 1. The highest BCUT2D eigenvalue weighted by Gasteiger charge is 2.24. The monoisotopic (exact) mass is 227 g/mol. The second kappa shape index (κ2) is 4.45. The van der Waals surface area contributed by atoms with E-state index in [1.807, 2.05) is 13.0 Å². The molecule has 0 saturated carbocycles. The first-order valence-corrected chi connectivity index (χ1v) is 6.69. The normalized spacial score (nSPS) is 22.2. The summed E-state index contributed by atoms with van der Waals surface area (Å²) in [6, 6.07) is 1.90. The van der Waals surface area contributed by atoms with E-state index >= 15 is 0 Å². The molecule has 2 nitrogen and oxygen atoms in total.